The zero-order valence-electron chi connectivity index (χ0n) is 12.1. The highest BCUT2D eigenvalue weighted by atomic mass is 16.5. The number of alkyl carbamates (subject to hydrolysis) is 1. The van der Waals surface area contributed by atoms with Crippen molar-refractivity contribution in [1.29, 1.82) is 0 Å². The summed E-state index contributed by atoms with van der Waals surface area (Å²) in [7, 11) is 1.37. The van der Waals surface area contributed by atoms with Crippen LogP contribution >= 0.6 is 0 Å². The van der Waals surface area contributed by atoms with E-state index in [1.54, 1.807) is 0 Å². The maximum atomic E-state index is 11.2. The van der Waals surface area contributed by atoms with Gasteiger partial charge in [-0.15, -0.1) is 0 Å². The van der Waals surface area contributed by atoms with Crippen LogP contribution in [0.15, 0.2) is 6.33 Å². The van der Waals surface area contributed by atoms with E-state index < -0.39 is 6.09 Å². The Morgan fingerprint density at radius 1 is 1.55 bits per heavy atom. The van der Waals surface area contributed by atoms with Crippen LogP contribution in [-0.2, 0) is 4.74 Å². The van der Waals surface area contributed by atoms with Gasteiger partial charge in [0.2, 0.25) is 0 Å². The van der Waals surface area contributed by atoms with Gasteiger partial charge < -0.3 is 20.7 Å². The molecule has 0 bridgehead atoms. The monoisotopic (exact) mass is 279 g/mol. The van der Waals surface area contributed by atoms with Gasteiger partial charge in [-0.05, 0) is 12.3 Å². The molecule has 0 aromatic carbocycles. The Bertz CT molecular complexity index is 492. The molecule has 20 heavy (non-hydrogen) atoms. The number of rotatable bonds is 3. The van der Waals surface area contributed by atoms with E-state index in [1.807, 2.05) is 0 Å². The molecule has 0 aliphatic carbocycles. The van der Waals surface area contributed by atoms with Crippen molar-refractivity contribution in [1.82, 2.24) is 15.3 Å². The quantitative estimate of drug-likeness (QED) is 0.861. The van der Waals surface area contributed by atoms with Crippen LogP contribution < -0.4 is 16.0 Å². The Balaban J connectivity index is 2.14. The van der Waals surface area contributed by atoms with E-state index in [-0.39, 0.29) is 12.0 Å². The molecule has 3 N–H and O–H groups in total. The van der Waals surface area contributed by atoms with E-state index in [2.05, 4.69) is 38.8 Å². The molecule has 1 aromatic rings. The Morgan fingerprint density at radius 2 is 2.30 bits per heavy atom. The molecule has 110 valence electrons. The minimum Gasteiger partial charge on any atom is -0.453 e. The smallest absolute Gasteiger partial charge is 0.407 e. The molecule has 1 saturated heterocycles. The molecular formula is C13H21N5O2. The van der Waals surface area contributed by atoms with Crippen LogP contribution in [0.4, 0.5) is 16.4 Å². The highest BCUT2D eigenvalue weighted by molar-refractivity contribution is 5.68. The number of anilines is 2. The minimum absolute atomic E-state index is 0.0682. The summed E-state index contributed by atoms with van der Waals surface area (Å²) in [6.45, 7) is 5.66. The fourth-order valence-electron chi connectivity index (χ4n) is 2.50. The van der Waals surface area contributed by atoms with Crippen LogP contribution in [-0.4, -0.2) is 42.3 Å². The number of hydrogen-bond donors (Lipinski definition) is 2. The number of amides is 1. The predicted molar refractivity (Wildman–Crippen MR) is 76.7 cm³/mol. The lowest BCUT2D eigenvalue weighted by molar-refractivity contribution is 0.167. The maximum absolute atomic E-state index is 11.2. The van der Waals surface area contributed by atoms with E-state index in [0.29, 0.717) is 12.4 Å². The number of carbonyl (C=O) groups excluding carboxylic acids is 1. The topological polar surface area (TPSA) is 93.4 Å². The van der Waals surface area contributed by atoms with Crippen LogP contribution in [0.2, 0.25) is 0 Å². The Hall–Kier alpha value is -2.05. The SMILES string of the molecule is COC(=O)NC1CCN(c2ncnc(N)c2C(C)C)C1. The van der Waals surface area contributed by atoms with Gasteiger partial charge in [0.05, 0.1) is 13.2 Å². The molecule has 1 aromatic heterocycles. The van der Waals surface area contributed by atoms with Crippen LogP contribution in [0.25, 0.3) is 0 Å². The first-order chi connectivity index (χ1) is 9.52. The zero-order valence-corrected chi connectivity index (χ0v) is 12.1. The molecule has 7 nitrogen and oxygen atoms in total. The first kappa shape index (κ1) is 14.4. The van der Waals surface area contributed by atoms with Crippen molar-refractivity contribution in [3.05, 3.63) is 11.9 Å². The number of nitrogens with two attached hydrogens (primary N) is 1. The van der Waals surface area contributed by atoms with Crippen molar-refractivity contribution in [3.8, 4) is 0 Å². The second kappa shape index (κ2) is 5.94. The van der Waals surface area contributed by atoms with Gasteiger partial charge in [0.1, 0.15) is 18.0 Å². The van der Waals surface area contributed by atoms with E-state index in [9.17, 15) is 4.79 Å². The number of ether oxygens (including phenoxy) is 1. The standard InChI is InChI=1S/C13H21N5O2/c1-8(2)10-11(14)15-7-16-12(10)18-5-4-9(6-18)17-13(19)20-3/h7-9H,4-6H2,1-3H3,(H,17,19)(H2,14,15,16). The normalized spacial score (nSPS) is 18.4. The number of aromatic nitrogens is 2. The van der Waals surface area contributed by atoms with Gasteiger partial charge in [-0.3, -0.25) is 0 Å². The highest BCUT2D eigenvalue weighted by Gasteiger charge is 2.28. The Morgan fingerprint density at radius 3 is 2.95 bits per heavy atom. The lowest BCUT2D eigenvalue weighted by Gasteiger charge is -2.22. The van der Waals surface area contributed by atoms with Crippen molar-refractivity contribution < 1.29 is 9.53 Å². The third kappa shape index (κ3) is 2.92. The lowest BCUT2D eigenvalue weighted by Crippen LogP contribution is -2.37. The highest BCUT2D eigenvalue weighted by Crippen LogP contribution is 2.30. The van der Waals surface area contributed by atoms with E-state index in [4.69, 9.17) is 5.73 Å². The van der Waals surface area contributed by atoms with Crippen molar-refractivity contribution in [2.45, 2.75) is 32.2 Å². The van der Waals surface area contributed by atoms with Crippen LogP contribution in [0.5, 0.6) is 0 Å². The number of nitrogens with zero attached hydrogens (tertiary/aromatic N) is 3. The summed E-state index contributed by atoms with van der Waals surface area (Å²) in [5.74, 6) is 1.63. The van der Waals surface area contributed by atoms with Crippen molar-refractivity contribution in [3.63, 3.8) is 0 Å². The summed E-state index contributed by atoms with van der Waals surface area (Å²) in [5.41, 5.74) is 6.92. The Labute approximate surface area is 118 Å². The van der Waals surface area contributed by atoms with Crippen molar-refractivity contribution >= 4 is 17.7 Å². The molecule has 1 unspecified atom stereocenters. The first-order valence-corrected chi connectivity index (χ1v) is 6.72. The fraction of sp³-hybridized carbons (Fsp3) is 0.615. The van der Waals surface area contributed by atoms with E-state index in [0.717, 1.165) is 24.3 Å². The third-order valence-corrected chi connectivity index (χ3v) is 3.47. The van der Waals surface area contributed by atoms with E-state index in [1.165, 1.54) is 13.4 Å². The molecule has 1 aliphatic rings. The van der Waals surface area contributed by atoms with Gasteiger partial charge in [0.25, 0.3) is 0 Å². The Kier molecular flexibility index (Phi) is 4.26. The maximum Gasteiger partial charge on any atom is 0.407 e. The van der Waals surface area contributed by atoms with Gasteiger partial charge >= 0.3 is 6.09 Å². The van der Waals surface area contributed by atoms with Crippen LogP contribution in [0.1, 0.15) is 31.7 Å². The van der Waals surface area contributed by atoms with Crippen LogP contribution in [0.3, 0.4) is 0 Å². The van der Waals surface area contributed by atoms with Crippen LogP contribution in [0, 0.1) is 0 Å². The zero-order chi connectivity index (χ0) is 14.7. The van der Waals surface area contributed by atoms with Gasteiger partial charge in [0.15, 0.2) is 0 Å². The van der Waals surface area contributed by atoms with E-state index >= 15 is 0 Å². The number of hydrogen-bond acceptors (Lipinski definition) is 6. The first-order valence-electron chi connectivity index (χ1n) is 6.72. The summed E-state index contributed by atoms with van der Waals surface area (Å²) >= 11 is 0. The second-order valence-corrected chi connectivity index (χ2v) is 5.22. The molecule has 0 spiro atoms. The van der Waals surface area contributed by atoms with Crippen molar-refractivity contribution in [2.75, 3.05) is 30.8 Å². The molecule has 2 heterocycles. The van der Waals surface area contributed by atoms with Gasteiger partial charge in [-0.2, -0.15) is 0 Å². The molecule has 1 amide bonds. The second-order valence-electron chi connectivity index (χ2n) is 5.22. The predicted octanol–water partition coefficient (Wildman–Crippen LogP) is 1.12. The summed E-state index contributed by atoms with van der Waals surface area (Å²) in [6.07, 6.45) is 1.94. The number of methoxy groups -OCH3 is 1. The molecule has 7 heteroatoms. The van der Waals surface area contributed by atoms with Gasteiger partial charge in [-0.25, -0.2) is 14.8 Å². The average Bonchev–Trinajstić information content (AvgIpc) is 2.86. The number of nitrogens with one attached hydrogen (secondary N) is 1. The van der Waals surface area contributed by atoms with Gasteiger partial charge in [0, 0.05) is 18.7 Å². The number of carbonyl (C=O) groups is 1. The molecule has 1 atom stereocenters. The lowest BCUT2D eigenvalue weighted by atomic mass is 10.0. The summed E-state index contributed by atoms with van der Waals surface area (Å²) in [5, 5.41) is 2.81. The third-order valence-electron chi connectivity index (χ3n) is 3.47. The molecule has 0 radical (unpaired) electrons. The number of nitrogen functional groups attached to an aromatic ring is 1. The van der Waals surface area contributed by atoms with Gasteiger partial charge in [-0.1, -0.05) is 13.8 Å². The fourth-order valence-corrected chi connectivity index (χ4v) is 2.50. The molecule has 1 fully saturated rings. The van der Waals surface area contributed by atoms with Crippen molar-refractivity contribution in [2.24, 2.45) is 0 Å². The summed E-state index contributed by atoms with van der Waals surface area (Å²) < 4.78 is 4.62. The summed E-state index contributed by atoms with van der Waals surface area (Å²) in [6, 6.07) is 0.0682. The molecular weight excluding hydrogens is 258 g/mol. The largest absolute Gasteiger partial charge is 0.453 e. The minimum atomic E-state index is -0.400. The molecule has 0 saturated carbocycles. The molecule has 2 rings (SSSR count). The summed E-state index contributed by atoms with van der Waals surface area (Å²) in [4.78, 5) is 21.8. The molecule has 1 aliphatic heterocycles. The average molecular weight is 279 g/mol.